The van der Waals surface area contributed by atoms with E-state index in [1.54, 1.807) is 0 Å². The summed E-state index contributed by atoms with van der Waals surface area (Å²) in [7, 11) is 0. The number of rotatable bonds is 5. The van der Waals surface area contributed by atoms with E-state index in [1.165, 1.54) is 5.56 Å². The number of anilines is 1. The fraction of sp³-hybridized carbons (Fsp3) is 0.471. The van der Waals surface area contributed by atoms with Crippen molar-refractivity contribution in [2.45, 2.75) is 39.2 Å². The smallest absolute Gasteiger partial charge is 0.175 e. The quantitative estimate of drug-likeness (QED) is 0.912. The molecule has 1 heterocycles. The third-order valence-corrected chi connectivity index (χ3v) is 4.16. The van der Waals surface area contributed by atoms with Crippen molar-refractivity contribution >= 4 is 5.82 Å². The zero-order valence-electron chi connectivity index (χ0n) is 12.6. The number of nitrogen functional groups attached to an aromatic ring is 1. The van der Waals surface area contributed by atoms with Crippen LogP contribution in [-0.2, 0) is 11.2 Å². The van der Waals surface area contributed by atoms with Gasteiger partial charge >= 0.3 is 0 Å². The van der Waals surface area contributed by atoms with Gasteiger partial charge in [-0.25, -0.2) is 0 Å². The first-order valence-electron chi connectivity index (χ1n) is 7.60. The second kappa shape index (κ2) is 5.90. The van der Waals surface area contributed by atoms with Gasteiger partial charge in [0.15, 0.2) is 5.82 Å². The molecule has 1 saturated carbocycles. The van der Waals surface area contributed by atoms with Crippen LogP contribution in [-0.4, -0.2) is 17.9 Å². The van der Waals surface area contributed by atoms with Gasteiger partial charge in [-0.15, -0.1) is 0 Å². The zero-order valence-corrected chi connectivity index (χ0v) is 12.6. The highest BCUT2D eigenvalue weighted by Gasteiger charge is 2.31. The lowest BCUT2D eigenvalue weighted by Crippen LogP contribution is -2.32. The molecule has 3 rings (SSSR count). The third-order valence-electron chi connectivity index (χ3n) is 4.16. The van der Waals surface area contributed by atoms with Gasteiger partial charge in [0, 0.05) is 13.0 Å². The average molecular weight is 286 g/mol. The van der Waals surface area contributed by atoms with E-state index in [0.29, 0.717) is 17.8 Å². The molecule has 0 spiro atoms. The van der Waals surface area contributed by atoms with Crippen molar-refractivity contribution in [1.29, 1.82) is 0 Å². The van der Waals surface area contributed by atoms with Crippen LogP contribution in [0.15, 0.2) is 28.8 Å². The maximum Gasteiger partial charge on any atom is 0.175 e. The summed E-state index contributed by atoms with van der Waals surface area (Å²) >= 11 is 0. The van der Waals surface area contributed by atoms with Gasteiger partial charge in [0.05, 0.1) is 11.7 Å². The summed E-state index contributed by atoms with van der Waals surface area (Å²) in [4.78, 5) is 0. The highest BCUT2D eigenvalue weighted by molar-refractivity contribution is 5.75. The molecule has 4 nitrogen and oxygen atoms in total. The van der Waals surface area contributed by atoms with Gasteiger partial charge in [-0.1, -0.05) is 35.0 Å². The van der Waals surface area contributed by atoms with E-state index in [-0.39, 0.29) is 0 Å². The van der Waals surface area contributed by atoms with Crippen LogP contribution in [0, 0.1) is 12.8 Å². The van der Waals surface area contributed by atoms with E-state index in [0.717, 1.165) is 42.8 Å². The molecule has 1 aromatic heterocycles. The molecule has 21 heavy (non-hydrogen) atoms. The van der Waals surface area contributed by atoms with E-state index in [1.807, 2.05) is 13.0 Å². The summed E-state index contributed by atoms with van der Waals surface area (Å²) < 4.78 is 11.1. The normalized spacial score (nSPS) is 21.2. The molecule has 1 fully saturated rings. The number of ether oxygens (including phenoxy) is 1. The largest absolute Gasteiger partial charge is 0.380 e. The van der Waals surface area contributed by atoms with Crippen LogP contribution in [0.5, 0.6) is 0 Å². The van der Waals surface area contributed by atoms with Crippen LogP contribution >= 0.6 is 0 Å². The predicted octanol–water partition coefficient (Wildman–Crippen LogP) is 3.59. The van der Waals surface area contributed by atoms with Crippen molar-refractivity contribution in [1.82, 2.24) is 5.16 Å². The molecular formula is C17H22N2O2. The highest BCUT2D eigenvalue weighted by Crippen LogP contribution is 2.37. The number of aromatic nitrogens is 1. The zero-order chi connectivity index (χ0) is 14.8. The second-order valence-electron chi connectivity index (χ2n) is 5.85. The van der Waals surface area contributed by atoms with Crippen LogP contribution in [0.2, 0.25) is 0 Å². The van der Waals surface area contributed by atoms with Gasteiger partial charge in [-0.05, 0) is 38.2 Å². The first-order chi connectivity index (χ1) is 10.2. The monoisotopic (exact) mass is 286 g/mol. The minimum atomic E-state index is 0.419. The number of nitrogens with two attached hydrogens (primary N) is 1. The molecule has 0 amide bonds. The summed E-state index contributed by atoms with van der Waals surface area (Å²) in [6, 6.07) is 8.29. The minimum absolute atomic E-state index is 0.419. The van der Waals surface area contributed by atoms with Crippen LogP contribution in [0.1, 0.15) is 31.1 Å². The maximum atomic E-state index is 6.00. The molecule has 2 aromatic rings. The first-order valence-corrected chi connectivity index (χ1v) is 7.60. The van der Waals surface area contributed by atoms with Crippen molar-refractivity contribution < 1.29 is 9.26 Å². The summed E-state index contributed by atoms with van der Waals surface area (Å²) in [6.45, 7) is 4.91. The number of aryl methyl sites for hydroxylation is 1. The van der Waals surface area contributed by atoms with Crippen molar-refractivity contribution in [3.8, 4) is 11.1 Å². The lowest BCUT2D eigenvalue weighted by atomic mass is 9.79. The summed E-state index contributed by atoms with van der Waals surface area (Å²) in [5, 5.41) is 3.96. The van der Waals surface area contributed by atoms with Crippen LogP contribution in [0.3, 0.4) is 0 Å². The van der Waals surface area contributed by atoms with Gasteiger partial charge in [0.2, 0.25) is 0 Å². The van der Waals surface area contributed by atoms with Gasteiger partial charge in [0.1, 0.15) is 5.76 Å². The molecule has 1 aromatic carbocycles. The van der Waals surface area contributed by atoms with E-state index >= 15 is 0 Å². The van der Waals surface area contributed by atoms with Crippen LogP contribution in [0.25, 0.3) is 11.1 Å². The second-order valence-corrected chi connectivity index (χ2v) is 5.85. The van der Waals surface area contributed by atoms with Gasteiger partial charge in [0.25, 0.3) is 0 Å². The van der Waals surface area contributed by atoms with Gasteiger partial charge in [-0.2, -0.15) is 0 Å². The maximum absolute atomic E-state index is 6.00. The van der Waals surface area contributed by atoms with Crippen molar-refractivity contribution in [2.75, 3.05) is 12.3 Å². The topological polar surface area (TPSA) is 61.3 Å². The van der Waals surface area contributed by atoms with Crippen LogP contribution in [0.4, 0.5) is 5.82 Å². The number of nitrogens with zero attached hydrogens (tertiary/aromatic N) is 1. The molecule has 1 aliphatic rings. The first kappa shape index (κ1) is 14.1. The Labute approximate surface area is 125 Å². The number of hydrogen-bond donors (Lipinski definition) is 1. The van der Waals surface area contributed by atoms with E-state index in [9.17, 15) is 0 Å². The lowest BCUT2D eigenvalue weighted by molar-refractivity contribution is -0.0254. The average Bonchev–Trinajstić information content (AvgIpc) is 2.77. The fourth-order valence-corrected chi connectivity index (χ4v) is 3.06. The molecule has 1 aliphatic carbocycles. The van der Waals surface area contributed by atoms with E-state index in [2.05, 4.69) is 30.3 Å². The van der Waals surface area contributed by atoms with E-state index < -0.39 is 0 Å². The Balaban J connectivity index is 1.76. The predicted molar refractivity (Wildman–Crippen MR) is 82.9 cm³/mol. The lowest BCUT2D eigenvalue weighted by Gasteiger charge is -2.34. The third kappa shape index (κ3) is 2.95. The van der Waals surface area contributed by atoms with E-state index in [4.69, 9.17) is 15.0 Å². The molecule has 112 valence electrons. The molecule has 0 unspecified atom stereocenters. The molecule has 0 atom stereocenters. The van der Waals surface area contributed by atoms with Crippen LogP contribution < -0.4 is 5.73 Å². The summed E-state index contributed by atoms with van der Waals surface area (Å²) in [5.41, 5.74) is 9.26. The Bertz CT molecular complexity index is 615. The molecule has 2 N–H and O–H groups in total. The molecule has 0 bridgehead atoms. The fourth-order valence-electron chi connectivity index (χ4n) is 3.06. The Morgan fingerprint density at radius 3 is 2.90 bits per heavy atom. The Hall–Kier alpha value is -1.81. The van der Waals surface area contributed by atoms with Crippen molar-refractivity contribution in [2.24, 2.45) is 5.92 Å². The van der Waals surface area contributed by atoms with Gasteiger partial charge < -0.3 is 15.0 Å². The van der Waals surface area contributed by atoms with Crippen molar-refractivity contribution in [3.63, 3.8) is 0 Å². The Morgan fingerprint density at radius 1 is 1.38 bits per heavy atom. The molecule has 0 radical (unpaired) electrons. The standard InChI is InChI=1S/C17H22N2O2/c1-3-20-14-8-12(9-14)10-15-16(17(18)19-21-15)13-6-4-5-11(2)7-13/h4-7,12,14H,3,8-10H2,1-2H3,(H2,18,19). The van der Waals surface area contributed by atoms with Crippen molar-refractivity contribution in [3.05, 3.63) is 35.6 Å². The van der Waals surface area contributed by atoms with Gasteiger partial charge in [-0.3, -0.25) is 0 Å². The molecule has 0 saturated heterocycles. The minimum Gasteiger partial charge on any atom is -0.380 e. The Morgan fingerprint density at radius 2 is 2.19 bits per heavy atom. The SMILES string of the molecule is CCOC1CC(Cc2onc(N)c2-c2cccc(C)c2)C1. The summed E-state index contributed by atoms with van der Waals surface area (Å²) in [6.07, 6.45) is 3.50. The summed E-state index contributed by atoms with van der Waals surface area (Å²) in [5.74, 6) is 1.99. The Kier molecular flexibility index (Phi) is 3.97. The highest BCUT2D eigenvalue weighted by atomic mass is 16.5. The molecule has 0 aliphatic heterocycles. The number of benzene rings is 1. The molecular weight excluding hydrogens is 264 g/mol. The molecule has 4 heteroatoms. The number of hydrogen-bond acceptors (Lipinski definition) is 4.